The lowest BCUT2D eigenvalue weighted by Crippen LogP contribution is -2.30. The van der Waals surface area contributed by atoms with Crippen LogP contribution in [-0.2, 0) is 0 Å². The van der Waals surface area contributed by atoms with Gasteiger partial charge >= 0.3 is 6.03 Å². The Morgan fingerprint density at radius 3 is 2.45 bits per heavy atom. The van der Waals surface area contributed by atoms with Crippen LogP contribution in [0, 0.1) is 12.8 Å². The molecule has 3 rings (SSSR count). The maximum absolute atomic E-state index is 12.8. The van der Waals surface area contributed by atoms with Gasteiger partial charge in [0.1, 0.15) is 0 Å². The average Bonchev–Trinajstić information content (AvgIpc) is 3.37. The van der Waals surface area contributed by atoms with E-state index < -0.39 is 0 Å². The van der Waals surface area contributed by atoms with Crippen LogP contribution in [0.15, 0.2) is 40.8 Å². The molecule has 0 saturated carbocycles. The molecule has 0 bridgehead atoms. The van der Waals surface area contributed by atoms with Crippen molar-refractivity contribution in [1.82, 2.24) is 5.01 Å². The second kappa shape index (κ2) is 12.3. The largest absolute Gasteiger partial charge is 0.342 e. The van der Waals surface area contributed by atoms with E-state index in [1.807, 2.05) is 42.6 Å². The highest BCUT2D eigenvalue weighted by Crippen LogP contribution is 2.27. The van der Waals surface area contributed by atoms with E-state index in [0.717, 1.165) is 28.3 Å². The predicted octanol–water partition coefficient (Wildman–Crippen LogP) is 8.11. The van der Waals surface area contributed by atoms with Crippen LogP contribution < -0.4 is 5.32 Å². The van der Waals surface area contributed by atoms with Crippen molar-refractivity contribution in [3.05, 3.63) is 51.9 Å². The minimum absolute atomic E-state index is 0.160. The third kappa shape index (κ3) is 7.36. The number of urea groups is 1. The molecular formula is C25H34ClN3OS. The Balaban J connectivity index is 1.57. The SMILES string of the molecule is CCCCCCCCCCC1CN(C(=O)Nc2cc(C)cs2)N=C1c1ccc(Cl)cc1. The van der Waals surface area contributed by atoms with Gasteiger partial charge in [-0.1, -0.05) is 82.0 Å². The second-order valence-electron chi connectivity index (χ2n) is 8.45. The number of rotatable bonds is 11. The van der Waals surface area contributed by atoms with Crippen LogP contribution in [0.4, 0.5) is 9.80 Å². The molecular weight excluding hydrogens is 426 g/mol. The van der Waals surface area contributed by atoms with E-state index in [1.165, 1.54) is 51.4 Å². The standard InChI is InChI=1S/C25H34ClN3OS/c1-3-4-5-6-7-8-9-10-11-21-17-29(25(30)27-23-16-19(2)18-31-23)28-24(21)20-12-14-22(26)15-13-20/h12-16,18,21H,3-11,17H2,1-2H3,(H,27,30). The van der Waals surface area contributed by atoms with Crippen LogP contribution in [0.2, 0.25) is 5.02 Å². The molecule has 1 aromatic heterocycles. The van der Waals surface area contributed by atoms with Gasteiger partial charge < -0.3 is 0 Å². The van der Waals surface area contributed by atoms with E-state index in [9.17, 15) is 4.79 Å². The number of nitrogens with zero attached hydrogens (tertiary/aromatic N) is 2. The number of carbonyl (C=O) groups is 1. The molecule has 31 heavy (non-hydrogen) atoms. The van der Waals surface area contributed by atoms with Crippen molar-refractivity contribution >= 4 is 39.7 Å². The molecule has 6 heteroatoms. The van der Waals surface area contributed by atoms with E-state index in [0.29, 0.717) is 11.6 Å². The Kier molecular flexibility index (Phi) is 9.41. The van der Waals surface area contributed by atoms with Gasteiger partial charge in [-0.05, 0) is 48.1 Å². The molecule has 0 radical (unpaired) electrons. The molecule has 2 heterocycles. The molecule has 0 fully saturated rings. The summed E-state index contributed by atoms with van der Waals surface area (Å²) in [5.74, 6) is 0.261. The first-order valence-corrected chi connectivity index (χ1v) is 12.8. The average molecular weight is 460 g/mol. The lowest BCUT2D eigenvalue weighted by atomic mass is 9.92. The van der Waals surface area contributed by atoms with Crippen molar-refractivity contribution < 1.29 is 4.79 Å². The van der Waals surface area contributed by atoms with Gasteiger partial charge in [-0.15, -0.1) is 11.3 Å². The fourth-order valence-electron chi connectivity index (χ4n) is 4.01. The lowest BCUT2D eigenvalue weighted by molar-refractivity contribution is 0.215. The van der Waals surface area contributed by atoms with E-state index in [4.69, 9.17) is 16.7 Å². The monoisotopic (exact) mass is 459 g/mol. The number of aryl methyl sites for hydroxylation is 1. The number of anilines is 1. The van der Waals surface area contributed by atoms with Crippen LogP contribution >= 0.6 is 22.9 Å². The summed E-state index contributed by atoms with van der Waals surface area (Å²) in [6.45, 7) is 4.91. The van der Waals surface area contributed by atoms with Crippen LogP contribution in [0.1, 0.15) is 75.8 Å². The summed E-state index contributed by atoms with van der Waals surface area (Å²) >= 11 is 7.62. The van der Waals surface area contributed by atoms with Crippen LogP contribution in [-0.4, -0.2) is 23.3 Å². The summed E-state index contributed by atoms with van der Waals surface area (Å²) < 4.78 is 0. The lowest BCUT2D eigenvalue weighted by Gasteiger charge is -2.15. The summed E-state index contributed by atoms with van der Waals surface area (Å²) in [6, 6.07) is 9.62. The van der Waals surface area contributed by atoms with Crippen LogP contribution in [0.25, 0.3) is 0 Å². The summed E-state index contributed by atoms with van der Waals surface area (Å²) in [6.07, 6.45) is 11.5. The smallest absolute Gasteiger partial charge is 0.298 e. The molecule has 1 aliphatic rings. The van der Waals surface area contributed by atoms with Crippen LogP contribution in [0.5, 0.6) is 0 Å². The van der Waals surface area contributed by atoms with E-state index in [1.54, 1.807) is 16.3 Å². The number of benzene rings is 1. The zero-order valence-electron chi connectivity index (χ0n) is 18.7. The van der Waals surface area contributed by atoms with Crippen molar-refractivity contribution in [3.8, 4) is 0 Å². The molecule has 168 valence electrons. The Hall–Kier alpha value is -1.85. The number of hydrogen-bond acceptors (Lipinski definition) is 3. The molecule has 1 N–H and O–H groups in total. The minimum Gasteiger partial charge on any atom is -0.298 e. The van der Waals surface area contributed by atoms with Gasteiger partial charge in [0.25, 0.3) is 0 Å². The fraction of sp³-hybridized carbons (Fsp3) is 0.520. The van der Waals surface area contributed by atoms with Crippen molar-refractivity contribution in [2.24, 2.45) is 11.0 Å². The molecule has 2 aromatic rings. The molecule has 4 nitrogen and oxygen atoms in total. The Morgan fingerprint density at radius 2 is 1.81 bits per heavy atom. The third-order valence-corrected chi connectivity index (χ3v) is 6.97. The van der Waals surface area contributed by atoms with Gasteiger partial charge in [0.2, 0.25) is 0 Å². The molecule has 0 saturated heterocycles. The van der Waals surface area contributed by atoms with Crippen molar-refractivity contribution in [1.29, 1.82) is 0 Å². The molecule has 0 aliphatic carbocycles. The van der Waals surface area contributed by atoms with Crippen molar-refractivity contribution in [3.63, 3.8) is 0 Å². The highest BCUT2D eigenvalue weighted by Gasteiger charge is 2.31. The number of unbranched alkanes of at least 4 members (excludes halogenated alkanes) is 7. The number of halogens is 1. The van der Waals surface area contributed by atoms with E-state index in [-0.39, 0.29) is 11.9 Å². The first kappa shape index (κ1) is 23.8. The van der Waals surface area contributed by atoms with Gasteiger partial charge in [-0.3, -0.25) is 5.32 Å². The Labute approximate surface area is 195 Å². The van der Waals surface area contributed by atoms with Crippen molar-refractivity contribution in [2.75, 3.05) is 11.9 Å². The Morgan fingerprint density at radius 1 is 1.13 bits per heavy atom. The fourth-order valence-corrected chi connectivity index (χ4v) is 4.92. The first-order valence-electron chi connectivity index (χ1n) is 11.5. The van der Waals surface area contributed by atoms with E-state index >= 15 is 0 Å². The molecule has 2 amide bonds. The summed E-state index contributed by atoms with van der Waals surface area (Å²) in [4.78, 5) is 12.8. The predicted molar refractivity (Wildman–Crippen MR) is 133 cm³/mol. The normalized spacial score (nSPS) is 15.9. The number of hydrogen-bond donors (Lipinski definition) is 1. The minimum atomic E-state index is -0.160. The van der Waals surface area contributed by atoms with Gasteiger partial charge in [0.05, 0.1) is 17.3 Å². The van der Waals surface area contributed by atoms with Gasteiger partial charge in [-0.25, -0.2) is 9.80 Å². The quantitative estimate of drug-likeness (QED) is 0.339. The summed E-state index contributed by atoms with van der Waals surface area (Å²) in [5, 5.41) is 12.9. The van der Waals surface area contributed by atoms with Crippen molar-refractivity contribution in [2.45, 2.75) is 71.6 Å². The van der Waals surface area contributed by atoms with Crippen LogP contribution in [0.3, 0.4) is 0 Å². The number of thiophene rings is 1. The topological polar surface area (TPSA) is 44.7 Å². The van der Waals surface area contributed by atoms with E-state index in [2.05, 4.69) is 12.2 Å². The number of nitrogens with one attached hydrogen (secondary N) is 1. The number of amides is 2. The van der Waals surface area contributed by atoms with Gasteiger partial charge in [0.15, 0.2) is 0 Å². The first-order chi connectivity index (χ1) is 15.1. The molecule has 0 spiro atoms. The maximum atomic E-state index is 12.8. The zero-order chi connectivity index (χ0) is 22.1. The molecule has 1 aliphatic heterocycles. The van der Waals surface area contributed by atoms with Gasteiger partial charge in [-0.2, -0.15) is 5.10 Å². The zero-order valence-corrected chi connectivity index (χ0v) is 20.3. The third-order valence-electron chi connectivity index (χ3n) is 5.75. The summed E-state index contributed by atoms with van der Waals surface area (Å²) in [7, 11) is 0. The van der Waals surface area contributed by atoms with Gasteiger partial charge in [0, 0.05) is 10.9 Å². The molecule has 1 atom stereocenters. The second-order valence-corrected chi connectivity index (χ2v) is 9.80. The maximum Gasteiger partial charge on any atom is 0.342 e. The highest BCUT2D eigenvalue weighted by atomic mass is 35.5. The highest BCUT2D eigenvalue weighted by molar-refractivity contribution is 7.14. The summed E-state index contributed by atoms with van der Waals surface area (Å²) in [5.41, 5.74) is 3.20. The molecule has 1 unspecified atom stereocenters. The molecule has 1 aromatic carbocycles. The number of carbonyl (C=O) groups excluding carboxylic acids is 1. The number of hydrazone groups is 1. The Bertz CT molecular complexity index is 862.